The van der Waals surface area contributed by atoms with Gasteiger partial charge in [0.05, 0.1) is 12.2 Å². The van der Waals surface area contributed by atoms with Crippen LogP contribution in [0.5, 0.6) is 11.5 Å². The maximum Gasteiger partial charge on any atom is 0.338 e. The van der Waals surface area contributed by atoms with E-state index in [2.05, 4.69) is 6.92 Å². The predicted octanol–water partition coefficient (Wildman–Crippen LogP) is 2.09. The zero-order chi connectivity index (χ0) is 13.5. The monoisotopic (exact) mass is 251 g/mol. The average Bonchev–Trinajstić information content (AvgIpc) is 2.32. The number of ether oxygens (including phenoxy) is 2. The van der Waals surface area contributed by atoms with Crippen LogP contribution in [0, 0.1) is 6.92 Å². The lowest BCUT2D eigenvalue weighted by atomic mass is 10.2. The number of carbonyl (C=O) groups excluding carboxylic acids is 2. The second kappa shape index (κ2) is 6.64. The van der Waals surface area contributed by atoms with Gasteiger partial charge >= 0.3 is 11.9 Å². The Bertz CT molecular complexity index is 439. The minimum Gasteiger partial charge on any atom is -0.504 e. The highest BCUT2D eigenvalue weighted by Crippen LogP contribution is 2.27. The average molecular weight is 251 g/mol. The van der Waals surface area contributed by atoms with E-state index in [0.29, 0.717) is 6.42 Å². The third-order valence-electron chi connectivity index (χ3n) is 2.08. The summed E-state index contributed by atoms with van der Waals surface area (Å²) in [5, 5.41) is 9.52. The van der Waals surface area contributed by atoms with E-state index >= 15 is 0 Å². The van der Waals surface area contributed by atoms with Crippen molar-refractivity contribution < 1.29 is 24.2 Å². The first-order valence-corrected chi connectivity index (χ1v) is 5.58. The molecule has 0 aliphatic rings. The molecule has 97 valence electrons. The van der Waals surface area contributed by atoms with E-state index in [1.165, 1.54) is 18.2 Å². The summed E-state index contributed by atoms with van der Waals surface area (Å²) in [6, 6.07) is 3.94. The Hall–Kier alpha value is -2.04. The fraction of sp³-hybridized carbons (Fsp3) is 0.308. The van der Waals surface area contributed by atoms with Crippen LogP contribution in [0.25, 0.3) is 0 Å². The molecule has 0 aliphatic carbocycles. The highest BCUT2D eigenvalue weighted by molar-refractivity contribution is 5.90. The highest BCUT2D eigenvalue weighted by Gasteiger charge is 2.13. The Labute approximate surface area is 105 Å². The quantitative estimate of drug-likeness (QED) is 0.640. The predicted molar refractivity (Wildman–Crippen MR) is 64.3 cm³/mol. The van der Waals surface area contributed by atoms with Crippen LogP contribution in [0.1, 0.15) is 30.1 Å². The van der Waals surface area contributed by atoms with Gasteiger partial charge in [0.25, 0.3) is 0 Å². The normalized spacial score (nSPS) is 9.89. The molecule has 0 saturated heterocycles. The second-order valence-corrected chi connectivity index (χ2v) is 3.48. The van der Waals surface area contributed by atoms with Gasteiger partial charge in [-0.3, -0.25) is 4.79 Å². The van der Waals surface area contributed by atoms with E-state index in [1.54, 1.807) is 6.92 Å². The lowest BCUT2D eigenvalue weighted by molar-refractivity contribution is -0.134. The van der Waals surface area contributed by atoms with Crippen molar-refractivity contribution in [1.82, 2.24) is 0 Å². The van der Waals surface area contributed by atoms with Gasteiger partial charge in [-0.25, -0.2) is 4.79 Å². The summed E-state index contributed by atoms with van der Waals surface area (Å²) in [6.07, 6.45) is 0.542. The minimum absolute atomic E-state index is 0.0565. The van der Waals surface area contributed by atoms with Crippen molar-refractivity contribution >= 4 is 11.9 Å². The lowest BCUT2D eigenvalue weighted by Gasteiger charge is -2.07. The molecule has 1 radical (unpaired) electrons. The van der Waals surface area contributed by atoms with E-state index in [0.717, 1.165) is 0 Å². The summed E-state index contributed by atoms with van der Waals surface area (Å²) in [5.41, 5.74) is 0.215. The maximum atomic E-state index is 11.5. The van der Waals surface area contributed by atoms with Gasteiger partial charge in [0.2, 0.25) is 0 Å². The molecule has 0 bridgehead atoms. The highest BCUT2D eigenvalue weighted by atomic mass is 16.5. The fourth-order valence-corrected chi connectivity index (χ4v) is 1.26. The van der Waals surface area contributed by atoms with Crippen LogP contribution < -0.4 is 4.74 Å². The van der Waals surface area contributed by atoms with E-state index in [1.807, 2.05) is 0 Å². The molecule has 0 aromatic heterocycles. The molecule has 1 rings (SSSR count). The van der Waals surface area contributed by atoms with Crippen molar-refractivity contribution in [3.05, 3.63) is 30.7 Å². The Morgan fingerprint density at radius 1 is 1.39 bits per heavy atom. The van der Waals surface area contributed by atoms with E-state index < -0.39 is 11.9 Å². The van der Waals surface area contributed by atoms with Crippen LogP contribution in [0.4, 0.5) is 0 Å². The van der Waals surface area contributed by atoms with Crippen molar-refractivity contribution in [1.29, 1.82) is 0 Å². The number of esters is 2. The number of phenolic OH excluding ortho intramolecular Hbond substituents is 1. The topological polar surface area (TPSA) is 72.8 Å². The number of carbonyl (C=O) groups is 2. The van der Waals surface area contributed by atoms with Gasteiger partial charge in [-0.05, 0) is 31.5 Å². The molecule has 0 unspecified atom stereocenters. The third-order valence-corrected chi connectivity index (χ3v) is 2.08. The molecule has 1 aromatic rings. The van der Waals surface area contributed by atoms with Gasteiger partial charge < -0.3 is 14.6 Å². The van der Waals surface area contributed by atoms with Crippen LogP contribution in [0.2, 0.25) is 0 Å². The first-order chi connectivity index (χ1) is 8.58. The van der Waals surface area contributed by atoms with Gasteiger partial charge in [0, 0.05) is 6.42 Å². The summed E-state index contributed by atoms with van der Waals surface area (Å²) in [7, 11) is 0. The fourth-order valence-electron chi connectivity index (χ4n) is 1.26. The zero-order valence-corrected chi connectivity index (χ0v) is 10.1. The van der Waals surface area contributed by atoms with Gasteiger partial charge in [-0.15, -0.1) is 0 Å². The number of aromatic hydroxyl groups is 1. The molecule has 0 spiro atoms. The van der Waals surface area contributed by atoms with Crippen molar-refractivity contribution in [2.45, 2.75) is 19.8 Å². The molecule has 0 heterocycles. The molecule has 1 N–H and O–H groups in total. The Kier molecular flexibility index (Phi) is 5.17. The van der Waals surface area contributed by atoms with Crippen LogP contribution in [0.3, 0.4) is 0 Å². The van der Waals surface area contributed by atoms with Gasteiger partial charge in [-0.1, -0.05) is 6.92 Å². The van der Waals surface area contributed by atoms with Crippen molar-refractivity contribution in [2.75, 3.05) is 6.61 Å². The third kappa shape index (κ3) is 3.76. The van der Waals surface area contributed by atoms with E-state index in [9.17, 15) is 14.7 Å². The van der Waals surface area contributed by atoms with Crippen LogP contribution in [0.15, 0.2) is 18.2 Å². The Balaban J connectivity index is 2.87. The molecule has 0 fully saturated rings. The van der Waals surface area contributed by atoms with Crippen molar-refractivity contribution in [3.8, 4) is 11.5 Å². The van der Waals surface area contributed by atoms with Crippen molar-refractivity contribution in [3.63, 3.8) is 0 Å². The molecule has 0 aliphatic heterocycles. The molecule has 1 aromatic carbocycles. The summed E-state index contributed by atoms with van der Waals surface area (Å²) < 4.78 is 9.72. The zero-order valence-electron chi connectivity index (χ0n) is 10.1. The Morgan fingerprint density at radius 3 is 2.72 bits per heavy atom. The summed E-state index contributed by atoms with van der Waals surface area (Å²) in [6.45, 7) is 5.46. The van der Waals surface area contributed by atoms with Crippen LogP contribution in [-0.4, -0.2) is 23.7 Å². The minimum atomic E-state index is -0.535. The summed E-state index contributed by atoms with van der Waals surface area (Å²) in [4.78, 5) is 22.7. The number of hydrogen-bond acceptors (Lipinski definition) is 5. The molecule has 0 atom stereocenters. The molecule has 5 heteroatoms. The standard InChI is InChI=1S/C13H15O5/c1-3-5-12(15)18-11-8-9(6-7-10(11)14)13(16)17-4-2/h6-8,14H,1,3-5H2,2H3. The molecule has 0 amide bonds. The van der Waals surface area contributed by atoms with Crippen LogP contribution >= 0.6 is 0 Å². The van der Waals surface area contributed by atoms with Gasteiger partial charge in [-0.2, -0.15) is 0 Å². The SMILES string of the molecule is [CH2]CCC(=O)Oc1cc(C(=O)OCC)ccc1O. The smallest absolute Gasteiger partial charge is 0.338 e. The second-order valence-electron chi connectivity index (χ2n) is 3.48. The molecule has 0 saturated carbocycles. The maximum absolute atomic E-state index is 11.5. The number of phenols is 1. The number of benzene rings is 1. The molecular formula is C13H15O5. The summed E-state index contributed by atoms with van der Waals surface area (Å²) >= 11 is 0. The van der Waals surface area contributed by atoms with Gasteiger partial charge in [0.15, 0.2) is 11.5 Å². The van der Waals surface area contributed by atoms with E-state index in [4.69, 9.17) is 9.47 Å². The lowest BCUT2D eigenvalue weighted by Crippen LogP contribution is -2.09. The number of hydrogen-bond donors (Lipinski definition) is 1. The molecular weight excluding hydrogens is 236 g/mol. The van der Waals surface area contributed by atoms with Crippen LogP contribution in [-0.2, 0) is 9.53 Å². The van der Waals surface area contributed by atoms with Crippen molar-refractivity contribution in [2.24, 2.45) is 0 Å². The van der Waals surface area contributed by atoms with Gasteiger partial charge in [0.1, 0.15) is 0 Å². The number of rotatable bonds is 5. The molecule has 5 nitrogen and oxygen atoms in total. The molecule has 18 heavy (non-hydrogen) atoms. The first kappa shape index (κ1) is 14.0. The summed E-state index contributed by atoms with van der Waals surface area (Å²) in [5.74, 6) is -1.31. The van der Waals surface area contributed by atoms with E-state index in [-0.39, 0.29) is 30.1 Å². The first-order valence-electron chi connectivity index (χ1n) is 5.58. The largest absolute Gasteiger partial charge is 0.504 e. The Morgan fingerprint density at radius 2 is 2.11 bits per heavy atom.